The van der Waals surface area contributed by atoms with Crippen molar-refractivity contribution in [2.24, 2.45) is 7.05 Å². The molecule has 0 aliphatic carbocycles. The fraction of sp³-hybridized carbons (Fsp3) is 0.444. The summed E-state index contributed by atoms with van der Waals surface area (Å²) in [5.41, 5.74) is 5.10. The van der Waals surface area contributed by atoms with Gasteiger partial charge in [-0.25, -0.2) is 0 Å². The van der Waals surface area contributed by atoms with Crippen LogP contribution in [-0.2, 0) is 18.4 Å². The highest BCUT2D eigenvalue weighted by atomic mass is 16.2. The molecule has 1 heterocycles. The molecule has 124 valence electrons. The van der Waals surface area contributed by atoms with Crippen molar-refractivity contribution in [1.82, 2.24) is 14.7 Å². The summed E-state index contributed by atoms with van der Waals surface area (Å²) < 4.78 is 1.78. The van der Waals surface area contributed by atoms with E-state index in [2.05, 4.69) is 34.4 Å². The van der Waals surface area contributed by atoms with Crippen LogP contribution in [0.4, 0.5) is 5.69 Å². The second kappa shape index (κ2) is 6.96. The van der Waals surface area contributed by atoms with Gasteiger partial charge in [-0.05, 0) is 45.9 Å². The molecule has 1 atom stereocenters. The Bertz CT molecular complexity index is 705. The first-order chi connectivity index (χ1) is 10.8. The average molecular weight is 314 g/mol. The van der Waals surface area contributed by atoms with Gasteiger partial charge in [-0.15, -0.1) is 0 Å². The summed E-state index contributed by atoms with van der Waals surface area (Å²) in [5, 5.41) is 7.35. The molecule has 0 fully saturated rings. The molecule has 0 saturated heterocycles. The maximum absolute atomic E-state index is 12.6. The number of aryl methyl sites for hydroxylation is 3. The second-order valence-electron chi connectivity index (χ2n) is 6.18. The number of nitrogens with one attached hydrogen (secondary N) is 1. The number of aromatic nitrogens is 2. The largest absolute Gasteiger partial charge is 0.322 e. The number of rotatable bonds is 5. The average Bonchev–Trinajstić information content (AvgIpc) is 2.75. The monoisotopic (exact) mass is 314 g/mol. The maximum Gasteiger partial charge on any atom is 0.241 e. The van der Waals surface area contributed by atoms with Crippen LogP contribution in [0.3, 0.4) is 0 Å². The molecule has 1 aromatic carbocycles. The predicted molar refractivity (Wildman–Crippen MR) is 93.4 cm³/mol. The van der Waals surface area contributed by atoms with E-state index in [1.54, 1.807) is 4.68 Å². The van der Waals surface area contributed by atoms with Gasteiger partial charge in [0.15, 0.2) is 0 Å². The van der Waals surface area contributed by atoms with E-state index >= 15 is 0 Å². The van der Waals surface area contributed by atoms with Gasteiger partial charge in [0.05, 0.1) is 23.1 Å². The molecular weight excluding hydrogens is 288 g/mol. The lowest BCUT2D eigenvalue weighted by atomic mass is 10.1. The lowest BCUT2D eigenvalue weighted by Crippen LogP contribution is -2.39. The predicted octanol–water partition coefficient (Wildman–Crippen LogP) is 2.80. The number of hydrogen-bond donors (Lipinski definition) is 1. The van der Waals surface area contributed by atoms with Crippen LogP contribution >= 0.6 is 0 Å². The van der Waals surface area contributed by atoms with Gasteiger partial charge in [0.2, 0.25) is 5.91 Å². The minimum Gasteiger partial charge on any atom is -0.322 e. The van der Waals surface area contributed by atoms with Crippen LogP contribution in [0.15, 0.2) is 24.3 Å². The Labute approximate surface area is 138 Å². The van der Waals surface area contributed by atoms with E-state index in [-0.39, 0.29) is 11.9 Å². The van der Waals surface area contributed by atoms with Gasteiger partial charge < -0.3 is 5.32 Å². The molecule has 23 heavy (non-hydrogen) atoms. The zero-order valence-corrected chi connectivity index (χ0v) is 14.8. The number of anilines is 1. The quantitative estimate of drug-likeness (QED) is 0.923. The fourth-order valence-electron chi connectivity index (χ4n) is 2.58. The minimum absolute atomic E-state index is 0.0136. The van der Waals surface area contributed by atoms with Gasteiger partial charge in [-0.3, -0.25) is 14.4 Å². The fourth-order valence-corrected chi connectivity index (χ4v) is 2.58. The van der Waals surface area contributed by atoms with E-state index in [1.807, 2.05) is 47.0 Å². The van der Waals surface area contributed by atoms with Gasteiger partial charge in [0.1, 0.15) is 0 Å². The molecule has 5 nitrogen and oxygen atoms in total. The van der Waals surface area contributed by atoms with E-state index < -0.39 is 0 Å². The molecule has 1 unspecified atom stereocenters. The first kappa shape index (κ1) is 17.2. The molecule has 0 aliphatic rings. The van der Waals surface area contributed by atoms with Crippen LogP contribution < -0.4 is 5.32 Å². The molecule has 0 saturated carbocycles. The van der Waals surface area contributed by atoms with E-state index in [0.717, 1.165) is 23.6 Å². The van der Waals surface area contributed by atoms with E-state index in [9.17, 15) is 4.79 Å². The van der Waals surface area contributed by atoms with Gasteiger partial charge in [0, 0.05) is 13.6 Å². The maximum atomic E-state index is 12.6. The Morgan fingerprint density at radius 2 is 1.96 bits per heavy atom. The number of benzene rings is 1. The number of hydrogen-bond acceptors (Lipinski definition) is 3. The van der Waals surface area contributed by atoms with Crippen molar-refractivity contribution in [3.05, 3.63) is 46.8 Å². The highest BCUT2D eigenvalue weighted by Crippen LogP contribution is 2.19. The molecular formula is C18H26N4O. The second-order valence-corrected chi connectivity index (χ2v) is 6.18. The summed E-state index contributed by atoms with van der Waals surface area (Å²) in [7, 11) is 3.85. The molecule has 1 N–H and O–H groups in total. The number of amides is 1. The Morgan fingerprint density at radius 3 is 2.52 bits per heavy atom. The molecule has 1 aromatic heterocycles. The van der Waals surface area contributed by atoms with Gasteiger partial charge in [0.25, 0.3) is 0 Å². The Morgan fingerprint density at radius 1 is 1.30 bits per heavy atom. The number of nitrogens with zero attached hydrogens (tertiary/aromatic N) is 3. The first-order valence-corrected chi connectivity index (χ1v) is 7.87. The topological polar surface area (TPSA) is 50.2 Å². The van der Waals surface area contributed by atoms with Gasteiger partial charge in [-0.2, -0.15) is 5.10 Å². The third-order valence-corrected chi connectivity index (χ3v) is 4.48. The summed E-state index contributed by atoms with van der Waals surface area (Å²) in [5.74, 6) is -0.0136. The zero-order chi connectivity index (χ0) is 17.1. The van der Waals surface area contributed by atoms with Crippen LogP contribution in [-0.4, -0.2) is 33.7 Å². The van der Waals surface area contributed by atoms with E-state index in [0.29, 0.717) is 0 Å². The summed E-state index contributed by atoms with van der Waals surface area (Å²) in [4.78, 5) is 14.6. The summed E-state index contributed by atoms with van der Waals surface area (Å²) in [6.07, 6.45) is 0. The van der Waals surface area contributed by atoms with Crippen molar-refractivity contribution in [1.29, 1.82) is 0 Å². The molecule has 0 spiro atoms. The summed E-state index contributed by atoms with van der Waals surface area (Å²) in [6, 6.07) is 8.03. The Kier molecular flexibility index (Phi) is 5.21. The van der Waals surface area contributed by atoms with Crippen LogP contribution in [0.25, 0.3) is 0 Å². The SMILES string of the molecule is Cc1ccccc1CN(C)C(C)C(=O)Nc1c(C)nn(C)c1C. The molecule has 2 rings (SSSR count). The smallest absolute Gasteiger partial charge is 0.241 e. The van der Waals surface area contributed by atoms with Crippen molar-refractivity contribution in [2.45, 2.75) is 40.3 Å². The molecule has 1 amide bonds. The van der Waals surface area contributed by atoms with E-state index in [1.165, 1.54) is 11.1 Å². The lowest BCUT2D eigenvalue weighted by molar-refractivity contribution is -0.120. The van der Waals surface area contributed by atoms with Crippen molar-refractivity contribution in [3.63, 3.8) is 0 Å². The molecule has 2 aromatic rings. The number of carbonyl (C=O) groups is 1. The minimum atomic E-state index is -0.228. The Hall–Kier alpha value is -2.14. The highest BCUT2D eigenvalue weighted by molar-refractivity contribution is 5.95. The normalized spacial score (nSPS) is 12.5. The molecule has 0 aliphatic heterocycles. The van der Waals surface area contributed by atoms with Crippen molar-refractivity contribution >= 4 is 11.6 Å². The van der Waals surface area contributed by atoms with Crippen molar-refractivity contribution in [3.8, 4) is 0 Å². The summed E-state index contributed by atoms with van der Waals surface area (Å²) >= 11 is 0. The van der Waals surface area contributed by atoms with Crippen LogP contribution in [0.2, 0.25) is 0 Å². The van der Waals surface area contributed by atoms with Crippen LogP contribution in [0.1, 0.15) is 29.4 Å². The Balaban J connectivity index is 2.06. The third-order valence-electron chi connectivity index (χ3n) is 4.48. The molecule has 5 heteroatoms. The van der Waals surface area contributed by atoms with Gasteiger partial charge in [-0.1, -0.05) is 24.3 Å². The van der Waals surface area contributed by atoms with E-state index in [4.69, 9.17) is 0 Å². The number of carbonyl (C=O) groups excluding carboxylic acids is 1. The van der Waals surface area contributed by atoms with Gasteiger partial charge >= 0.3 is 0 Å². The molecule has 0 radical (unpaired) electrons. The van der Waals surface area contributed by atoms with Crippen LogP contribution in [0.5, 0.6) is 0 Å². The first-order valence-electron chi connectivity index (χ1n) is 7.87. The third kappa shape index (κ3) is 3.79. The highest BCUT2D eigenvalue weighted by Gasteiger charge is 2.21. The zero-order valence-electron chi connectivity index (χ0n) is 14.8. The number of likely N-dealkylation sites (N-methyl/N-ethyl adjacent to an activating group) is 1. The van der Waals surface area contributed by atoms with Crippen molar-refractivity contribution in [2.75, 3.05) is 12.4 Å². The van der Waals surface area contributed by atoms with Crippen molar-refractivity contribution < 1.29 is 4.79 Å². The lowest BCUT2D eigenvalue weighted by Gasteiger charge is -2.24. The van der Waals surface area contributed by atoms with Crippen LogP contribution in [0, 0.1) is 20.8 Å². The standard InChI is InChI=1S/C18H26N4O/c1-12-9-7-8-10-16(12)11-21(5)15(4)18(23)19-17-13(2)20-22(6)14(17)3/h7-10,15H,11H2,1-6H3,(H,19,23). The summed E-state index contributed by atoms with van der Waals surface area (Å²) in [6.45, 7) is 8.62. The molecule has 0 bridgehead atoms.